The number of benzene rings is 1. The molecule has 0 amide bonds. The molecule has 3 heteroatoms. The Kier molecular flexibility index (Phi) is 3.32. The average Bonchev–Trinajstić information content (AvgIpc) is 2.99. The van der Waals surface area contributed by atoms with Gasteiger partial charge in [-0.25, -0.2) is 0 Å². The summed E-state index contributed by atoms with van der Waals surface area (Å²) in [5.41, 5.74) is 0.852. The summed E-state index contributed by atoms with van der Waals surface area (Å²) in [4.78, 5) is 0. The smallest absolute Gasteiger partial charge is 0.125 e. The van der Waals surface area contributed by atoms with Crippen LogP contribution >= 0.6 is 15.9 Å². The van der Waals surface area contributed by atoms with E-state index in [2.05, 4.69) is 15.9 Å². The van der Waals surface area contributed by atoms with E-state index in [9.17, 15) is 5.11 Å². The van der Waals surface area contributed by atoms with E-state index in [1.165, 1.54) is 12.8 Å². The van der Waals surface area contributed by atoms with E-state index in [-0.39, 0.29) is 0 Å². The molecule has 82 valence electrons. The molecule has 0 spiro atoms. The Morgan fingerprint density at radius 1 is 1.53 bits per heavy atom. The Morgan fingerprint density at radius 3 is 2.87 bits per heavy atom. The fourth-order valence-electron chi connectivity index (χ4n) is 1.47. The van der Waals surface area contributed by atoms with Crippen molar-refractivity contribution in [2.75, 3.05) is 6.61 Å². The minimum atomic E-state index is -0.489. The van der Waals surface area contributed by atoms with Crippen molar-refractivity contribution < 1.29 is 9.84 Å². The van der Waals surface area contributed by atoms with Crippen LogP contribution in [-0.4, -0.2) is 11.7 Å². The van der Waals surface area contributed by atoms with Crippen LogP contribution in [0.2, 0.25) is 0 Å². The van der Waals surface area contributed by atoms with Crippen molar-refractivity contribution >= 4 is 15.9 Å². The molecule has 1 saturated carbocycles. The van der Waals surface area contributed by atoms with Gasteiger partial charge < -0.3 is 9.84 Å². The van der Waals surface area contributed by atoms with Gasteiger partial charge >= 0.3 is 0 Å². The summed E-state index contributed by atoms with van der Waals surface area (Å²) in [7, 11) is 0. The van der Waals surface area contributed by atoms with E-state index in [0.717, 1.165) is 28.3 Å². The van der Waals surface area contributed by atoms with E-state index in [1.54, 1.807) is 6.92 Å². The van der Waals surface area contributed by atoms with Crippen LogP contribution in [0.3, 0.4) is 0 Å². The monoisotopic (exact) mass is 270 g/mol. The number of aliphatic hydroxyl groups is 1. The lowest BCUT2D eigenvalue weighted by Gasteiger charge is -2.13. The summed E-state index contributed by atoms with van der Waals surface area (Å²) in [6, 6.07) is 5.76. The second kappa shape index (κ2) is 4.54. The zero-order chi connectivity index (χ0) is 10.8. The van der Waals surface area contributed by atoms with Crippen LogP contribution in [0.5, 0.6) is 5.75 Å². The zero-order valence-electron chi connectivity index (χ0n) is 8.74. The molecule has 1 aromatic carbocycles. The van der Waals surface area contributed by atoms with Crippen molar-refractivity contribution in [3.05, 3.63) is 28.2 Å². The molecule has 0 unspecified atom stereocenters. The largest absolute Gasteiger partial charge is 0.493 e. The van der Waals surface area contributed by atoms with Crippen LogP contribution in [0, 0.1) is 5.92 Å². The third-order valence-corrected chi connectivity index (χ3v) is 3.09. The fourth-order valence-corrected chi connectivity index (χ4v) is 1.85. The molecule has 15 heavy (non-hydrogen) atoms. The lowest BCUT2D eigenvalue weighted by Crippen LogP contribution is -2.03. The molecule has 1 atom stereocenters. The van der Waals surface area contributed by atoms with Crippen LogP contribution in [0.4, 0.5) is 0 Å². The van der Waals surface area contributed by atoms with Gasteiger partial charge in [-0.3, -0.25) is 0 Å². The molecule has 1 aliphatic carbocycles. The van der Waals surface area contributed by atoms with E-state index in [1.807, 2.05) is 18.2 Å². The molecule has 0 saturated heterocycles. The second-order valence-corrected chi connectivity index (χ2v) is 5.03. The normalized spacial score (nSPS) is 17.5. The van der Waals surface area contributed by atoms with E-state index >= 15 is 0 Å². The number of aliphatic hydroxyl groups excluding tert-OH is 1. The Hall–Kier alpha value is -0.540. The maximum absolute atomic E-state index is 9.61. The molecule has 2 nitrogen and oxygen atoms in total. The van der Waals surface area contributed by atoms with Gasteiger partial charge in [0.05, 0.1) is 12.7 Å². The van der Waals surface area contributed by atoms with Crippen molar-refractivity contribution in [2.24, 2.45) is 5.92 Å². The molecule has 0 radical (unpaired) electrons. The van der Waals surface area contributed by atoms with Gasteiger partial charge in [-0.15, -0.1) is 0 Å². The number of hydrogen-bond donors (Lipinski definition) is 1. The minimum Gasteiger partial charge on any atom is -0.493 e. The SMILES string of the molecule is C[C@@H](O)c1cc(Br)ccc1OCC1CC1. The fraction of sp³-hybridized carbons (Fsp3) is 0.500. The van der Waals surface area contributed by atoms with Gasteiger partial charge in [0.15, 0.2) is 0 Å². The second-order valence-electron chi connectivity index (χ2n) is 4.11. The Labute approximate surface area is 98.4 Å². The van der Waals surface area contributed by atoms with Gasteiger partial charge in [0.1, 0.15) is 5.75 Å². The Morgan fingerprint density at radius 2 is 2.27 bits per heavy atom. The lowest BCUT2D eigenvalue weighted by molar-refractivity contribution is 0.190. The molecule has 0 aliphatic heterocycles. The van der Waals surface area contributed by atoms with Gasteiger partial charge in [-0.2, -0.15) is 0 Å². The van der Waals surface area contributed by atoms with Crippen molar-refractivity contribution in [1.29, 1.82) is 0 Å². The van der Waals surface area contributed by atoms with E-state index in [4.69, 9.17) is 4.74 Å². The average molecular weight is 271 g/mol. The summed E-state index contributed by atoms with van der Waals surface area (Å²) >= 11 is 3.39. The quantitative estimate of drug-likeness (QED) is 0.910. The van der Waals surface area contributed by atoms with Gasteiger partial charge in [-0.05, 0) is 43.9 Å². The predicted octanol–water partition coefficient (Wildman–Crippen LogP) is 3.29. The molecule has 1 aromatic rings. The Bertz CT molecular complexity index is 345. The third kappa shape index (κ3) is 2.95. The molecule has 1 N–H and O–H groups in total. The van der Waals surface area contributed by atoms with Crippen LogP contribution < -0.4 is 4.74 Å². The lowest BCUT2D eigenvalue weighted by atomic mass is 10.1. The first-order valence-corrected chi connectivity index (χ1v) is 6.06. The highest BCUT2D eigenvalue weighted by molar-refractivity contribution is 9.10. The van der Waals surface area contributed by atoms with Crippen LogP contribution in [0.1, 0.15) is 31.4 Å². The highest BCUT2D eigenvalue weighted by Gasteiger charge is 2.22. The maximum Gasteiger partial charge on any atom is 0.125 e. The first kappa shape index (κ1) is 11.0. The van der Waals surface area contributed by atoms with E-state index in [0.29, 0.717) is 0 Å². The Balaban J connectivity index is 2.12. The third-order valence-electron chi connectivity index (χ3n) is 2.59. The number of hydrogen-bond acceptors (Lipinski definition) is 2. The van der Waals surface area contributed by atoms with Gasteiger partial charge in [0.2, 0.25) is 0 Å². The summed E-state index contributed by atoms with van der Waals surface area (Å²) in [5, 5.41) is 9.61. The topological polar surface area (TPSA) is 29.5 Å². The predicted molar refractivity (Wildman–Crippen MR) is 63.0 cm³/mol. The number of halogens is 1. The summed E-state index contributed by atoms with van der Waals surface area (Å²) in [6.07, 6.45) is 2.07. The van der Waals surface area contributed by atoms with Gasteiger partial charge in [0.25, 0.3) is 0 Å². The van der Waals surface area contributed by atoms with Crippen molar-refractivity contribution in [2.45, 2.75) is 25.9 Å². The van der Waals surface area contributed by atoms with Crippen LogP contribution in [0.25, 0.3) is 0 Å². The highest BCUT2D eigenvalue weighted by Crippen LogP contribution is 2.32. The van der Waals surface area contributed by atoms with Gasteiger partial charge in [0, 0.05) is 10.0 Å². The van der Waals surface area contributed by atoms with Gasteiger partial charge in [-0.1, -0.05) is 15.9 Å². The van der Waals surface area contributed by atoms with Crippen molar-refractivity contribution in [3.8, 4) is 5.75 Å². The number of rotatable bonds is 4. The number of ether oxygens (including phenoxy) is 1. The first-order valence-electron chi connectivity index (χ1n) is 5.27. The summed E-state index contributed by atoms with van der Waals surface area (Å²) in [6.45, 7) is 2.53. The van der Waals surface area contributed by atoms with Crippen molar-refractivity contribution in [1.82, 2.24) is 0 Å². The summed E-state index contributed by atoms with van der Waals surface area (Å²) in [5.74, 6) is 1.54. The molecule has 1 aliphatic rings. The highest BCUT2D eigenvalue weighted by atomic mass is 79.9. The molecule has 2 rings (SSSR count). The van der Waals surface area contributed by atoms with E-state index < -0.39 is 6.10 Å². The zero-order valence-corrected chi connectivity index (χ0v) is 10.3. The minimum absolute atomic E-state index is 0.489. The summed E-state index contributed by atoms with van der Waals surface area (Å²) < 4.78 is 6.67. The standard InChI is InChI=1S/C12H15BrO2/c1-8(14)11-6-10(13)4-5-12(11)15-7-9-2-3-9/h4-6,8-9,14H,2-3,7H2,1H3/t8-/m1/s1. The molecular formula is C12H15BrO2. The van der Waals surface area contributed by atoms with Crippen LogP contribution in [-0.2, 0) is 0 Å². The maximum atomic E-state index is 9.61. The molecular weight excluding hydrogens is 256 g/mol. The molecule has 0 heterocycles. The first-order chi connectivity index (χ1) is 7.16. The van der Waals surface area contributed by atoms with Crippen molar-refractivity contribution in [3.63, 3.8) is 0 Å². The van der Waals surface area contributed by atoms with Crippen LogP contribution in [0.15, 0.2) is 22.7 Å². The molecule has 0 bridgehead atoms. The molecule has 1 fully saturated rings. The molecule has 0 aromatic heterocycles.